The van der Waals surface area contributed by atoms with Crippen LogP contribution in [0.2, 0.25) is 0 Å². The van der Waals surface area contributed by atoms with E-state index in [0.29, 0.717) is 17.7 Å². The summed E-state index contributed by atoms with van der Waals surface area (Å²) in [6.45, 7) is 6.13. The average molecular weight is 394 g/mol. The number of nitrogens with zero attached hydrogens (tertiary/aromatic N) is 1. The molecular formula is C25H31NO3. The van der Waals surface area contributed by atoms with Crippen molar-refractivity contribution >= 4 is 17.5 Å². The molecule has 0 spiro atoms. The second kappa shape index (κ2) is 7.89. The third kappa shape index (κ3) is 4.08. The van der Waals surface area contributed by atoms with E-state index in [1.54, 1.807) is 0 Å². The van der Waals surface area contributed by atoms with Crippen molar-refractivity contribution in [1.29, 1.82) is 0 Å². The molecule has 2 atom stereocenters. The highest BCUT2D eigenvalue weighted by Crippen LogP contribution is 2.47. The molecule has 154 valence electrons. The maximum absolute atomic E-state index is 13.3. The highest BCUT2D eigenvalue weighted by atomic mass is 16.5. The van der Waals surface area contributed by atoms with Crippen molar-refractivity contribution in [2.45, 2.75) is 77.7 Å². The zero-order valence-corrected chi connectivity index (χ0v) is 17.7. The molecule has 1 aromatic rings. The Morgan fingerprint density at radius 2 is 1.72 bits per heavy atom. The van der Waals surface area contributed by atoms with E-state index in [4.69, 9.17) is 9.73 Å². The largest absolute Gasteiger partial charge is 0.459 e. The predicted molar refractivity (Wildman–Crippen MR) is 114 cm³/mol. The fourth-order valence-corrected chi connectivity index (χ4v) is 5.28. The van der Waals surface area contributed by atoms with E-state index in [2.05, 4.69) is 13.8 Å². The first-order valence-corrected chi connectivity index (χ1v) is 10.9. The Balaban J connectivity index is 1.74. The van der Waals surface area contributed by atoms with E-state index in [1.165, 1.54) is 6.42 Å². The van der Waals surface area contributed by atoms with Crippen LogP contribution in [-0.4, -0.2) is 23.6 Å². The Bertz CT molecular complexity index is 859. The zero-order valence-electron chi connectivity index (χ0n) is 17.7. The third-order valence-corrected chi connectivity index (χ3v) is 6.57. The first kappa shape index (κ1) is 20.1. The molecular weight excluding hydrogens is 362 g/mol. The van der Waals surface area contributed by atoms with E-state index in [-0.39, 0.29) is 35.1 Å². The highest BCUT2D eigenvalue weighted by Gasteiger charge is 2.47. The van der Waals surface area contributed by atoms with Crippen molar-refractivity contribution < 1.29 is 14.3 Å². The summed E-state index contributed by atoms with van der Waals surface area (Å²) in [5.41, 5.74) is 3.10. The normalized spacial score (nSPS) is 27.3. The van der Waals surface area contributed by atoms with E-state index >= 15 is 0 Å². The summed E-state index contributed by atoms with van der Waals surface area (Å²) < 4.78 is 5.93. The molecule has 1 aromatic carbocycles. The van der Waals surface area contributed by atoms with Crippen LogP contribution in [0.1, 0.15) is 77.2 Å². The van der Waals surface area contributed by atoms with Crippen molar-refractivity contribution in [2.24, 2.45) is 16.3 Å². The second-order valence-electron chi connectivity index (χ2n) is 9.62. The van der Waals surface area contributed by atoms with Gasteiger partial charge in [-0.2, -0.15) is 0 Å². The van der Waals surface area contributed by atoms with E-state index in [1.807, 2.05) is 37.3 Å². The molecule has 4 rings (SSSR count). The summed E-state index contributed by atoms with van der Waals surface area (Å²) in [5.74, 6) is -0.764. The molecule has 0 aromatic heterocycles. The van der Waals surface area contributed by atoms with Crippen LogP contribution < -0.4 is 0 Å². The van der Waals surface area contributed by atoms with Crippen molar-refractivity contribution in [2.75, 3.05) is 0 Å². The van der Waals surface area contributed by atoms with Crippen molar-refractivity contribution in [3.05, 3.63) is 47.2 Å². The second-order valence-corrected chi connectivity index (χ2v) is 9.62. The molecule has 29 heavy (non-hydrogen) atoms. The van der Waals surface area contributed by atoms with Gasteiger partial charge in [0.15, 0.2) is 0 Å². The number of esters is 1. The molecule has 0 bridgehead atoms. The molecule has 2 aliphatic carbocycles. The van der Waals surface area contributed by atoms with Gasteiger partial charge in [0.2, 0.25) is 0 Å². The zero-order chi connectivity index (χ0) is 20.6. The number of hydrogen-bond acceptors (Lipinski definition) is 4. The van der Waals surface area contributed by atoms with Gasteiger partial charge in [-0.3, -0.25) is 9.79 Å². The maximum atomic E-state index is 13.3. The van der Waals surface area contributed by atoms with E-state index < -0.39 is 0 Å². The summed E-state index contributed by atoms with van der Waals surface area (Å²) in [5, 5.41) is 0. The van der Waals surface area contributed by atoms with Crippen LogP contribution in [0, 0.1) is 11.3 Å². The SMILES string of the molecule is CC1=C(C(=O)OC2CCCCC2)C(c2ccccc2)C2C(=O)CC(C)(C)CC2=N1. The number of ether oxygens (including phenoxy) is 1. The minimum atomic E-state index is -0.358. The van der Waals surface area contributed by atoms with Gasteiger partial charge in [-0.25, -0.2) is 4.79 Å². The Hall–Kier alpha value is -2.23. The van der Waals surface area contributed by atoms with Gasteiger partial charge < -0.3 is 4.74 Å². The Morgan fingerprint density at radius 1 is 1.03 bits per heavy atom. The standard InChI is InChI=1S/C25H31NO3/c1-16-21(24(28)29-18-12-8-5-9-13-18)22(17-10-6-4-7-11-17)23-19(26-16)14-25(2,3)15-20(23)27/h4,6-7,10-11,18,22-23H,5,8-9,12-15H2,1-3H3. The molecule has 0 amide bonds. The number of allylic oxidation sites excluding steroid dienone is 1. The lowest BCUT2D eigenvalue weighted by Gasteiger charge is -2.41. The Kier molecular flexibility index (Phi) is 5.46. The fraction of sp³-hybridized carbons (Fsp3) is 0.560. The van der Waals surface area contributed by atoms with E-state index in [0.717, 1.165) is 43.4 Å². The quantitative estimate of drug-likeness (QED) is 0.648. The van der Waals surface area contributed by atoms with Gasteiger partial charge in [0, 0.05) is 23.7 Å². The van der Waals surface area contributed by atoms with Gasteiger partial charge in [0.25, 0.3) is 0 Å². The maximum Gasteiger partial charge on any atom is 0.336 e. The number of aliphatic imine (C=N–C) groups is 1. The van der Waals surface area contributed by atoms with Crippen molar-refractivity contribution in [3.63, 3.8) is 0 Å². The lowest BCUT2D eigenvalue weighted by atomic mass is 9.63. The smallest absolute Gasteiger partial charge is 0.336 e. The molecule has 4 heteroatoms. The summed E-state index contributed by atoms with van der Waals surface area (Å²) in [7, 11) is 0. The monoisotopic (exact) mass is 393 g/mol. The first-order valence-electron chi connectivity index (χ1n) is 10.9. The summed E-state index contributed by atoms with van der Waals surface area (Å²) in [6, 6.07) is 9.93. The minimum absolute atomic E-state index is 0.0145. The van der Waals surface area contributed by atoms with Crippen LogP contribution in [0.3, 0.4) is 0 Å². The summed E-state index contributed by atoms with van der Waals surface area (Å²) >= 11 is 0. The van der Waals surface area contributed by atoms with Crippen LogP contribution in [0.25, 0.3) is 0 Å². The molecule has 1 heterocycles. The van der Waals surface area contributed by atoms with Gasteiger partial charge in [-0.15, -0.1) is 0 Å². The highest BCUT2D eigenvalue weighted by molar-refractivity contribution is 6.12. The summed E-state index contributed by atoms with van der Waals surface area (Å²) in [4.78, 5) is 31.3. The van der Waals surface area contributed by atoms with Crippen LogP contribution in [0.4, 0.5) is 0 Å². The molecule has 4 nitrogen and oxygen atoms in total. The number of carbonyl (C=O) groups is 2. The number of benzene rings is 1. The topological polar surface area (TPSA) is 55.7 Å². The van der Waals surface area contributed by atoms with E-state index in [9.17, 15) is 9.59 Å². The molecule has 3 aliphatic rings. The molecule has 0 N–H and O–H groups in total. The predicted octanol–water partition coefficient (Wildman–Crippen LogP) is 5.38. The molecule has 0 saturated heterocycles. The van der Waals surface area contributed by atoms with Crippen molar-refractivity contribution in [1.82, 2.24) is 0 Å². The number of carbonyl (C=O) groups excluding carboxylic acids is 2. The number of hydrogen-bond donors (Lipinski definition) is 0. The summed E-state index contributed by atoms with van der Waals surface area (Å²) in [6.07, 6.45) is 6.58. The fourth-order valence-electron chi connectivity index (χ4n) is 5.28. The minimum Gasteiger partial charge on any atom is -0.459 e. The van der Waals surface area contributed by atoms with Crippen LogP contribution >= 0.6 is 0 Å². The van der Waals surface area contributed by atoms with Gasteiger partial charge in [-0.05, 0) is 50.0 Å². The number of Topliss-reactive ketones (excluding diaryl/α,β-unsaturated/α-hetero) is 1. The number of fused-ring (bicyclic) bond motifs is 1. The first-order chi connectivity index (χ1) is 13.9. The lowest BCUT2D eigenvalue weighted by Crippen LogP contribution is -2.44. The molecule has 0 radical (unpaired) electrons. The third-order valence-electron chi connectivity index (χ3n) is 6.57. The van der Waals surface area contributed by atoms with Crippen LogP contribution in [-0.2, 0) is 14.3 Å². The lowest BCUT2D eigenvalue weighted by molar-refractivity contribution is -0.146. The van der Waals surface area contributed by atoms with Gasteiger partial charge in [0.05, 0.1) is 11.5 Å². The number of ketones is 1. The van der Waals surface area contributed by atoms with Gasteiger partial charge >= 0.3 is 5.97 Å². The molecule has 2 saturated carbocycles. The molecule has 2 fully saturated rings. The van der Waals surface area contributed by atoms with Crippen molar-refractivity contribution in [3.8, 4) is 0 Å². The molecule has 2 unspecified atom stereocenters. The van der Waals surface area contributed by atoms with Gasteiger partial charge in [0.1, 0.15) is 11.9 Å². The van der Waals surface area contributed by atoms with Crippen LogP contribution in [0.5, 0.6) is 0 Å². The molecule has 1 aliphatic heterocycles. The average Bonchev–Trinajstić information content (AvgIpc) is 2.67. The van der Waals surface area contributed by atoms with Crippen LogP contribution in [0.15, 0.2) is 46.6 Å². The Morgan fingerprint density at radius 3 is 2.41 bits per heavy atom. The Labute approximate surface area is 173 Å². The van der Waals surface area contributed by atoms with Gasteiger partial charge in [-0.1, -0.05) is 50.6 Å². The number of rotatable bonds is 3.